The van der Waals surface area contributed by atoms with Crippen LogP contribution in [0.4, 0.5) is 4.20 Å². The number of hydrogen-bond acceptors (Lipinski definition) is 2. The van der Waals surface area contributed by atoms with Crippen molar-refractivity contribution in [1.82, 2.24) is 0 Å². The number of hydrogen-bond donors (Lipinski definition) is 0. The Balaban J connectivity index is 3.36. The maximum absolute atomic E-state index is 13.1. The molecule has 0 saturated heterocycles. The first-order chi connectivity index (χ1) is 7.12. The molecule has 0 aliphatic carbocycles. The van der Waals surface area contributed by atoms with Gasteiger partial charge in [-0.1, -0.05) is 39.0 Å². The molecule has 0 saturated carbocycles. The SMILES string of the molecule is CCCCCCCCP(=O)(F)OCCCl. The second-order valence-corrected chi connectivity index (χ2v) is 5.87. The predicted octanol–water partition coefficient (Wildman–Crippen LogP) is 4.76. The van der Waals surface area contributed by atoms with Gasteiger partial charge in [-0.25, -0.2) is 0 Å². The molecule has 2 nitrogen and oxygen atoms in total. The molecule has 0 aliphatic heterocycles. The van der Waals surface area contributed by atoms with Crippen LogP contribution < -0.4 is 0 Å². The zero-order chi connectivity index (χ0) is 11.6. The third kappa shape index (κ3) is 10.7. The minimum absolute atomic E-state index is 0.0329. The third-order valence-electron chi connectivity index (χ3n) is 2.14. The van der Waals surface area contributed by atoms with Crippen molar-refractivity contribution in [1.29, 1.82) is 0 Å². The van der Waals surface area contributed by atoms with Gasteiger partial charge in [-0.15, -0.1) is 11.6 Å². The summed E-state index contributed by atoms with van der Waals surface area (Å²) < 4.78 is 28.8. The monoisotopic (exact) mass is 258 g/mol. The lowest BCUT2D eigenvalue weighted by Crippen LogP contribution is -1.95. The van der Waals surface area contributed by atoms with Gasteiger partial charge in [-0.2, -0.15) is 4.20 Å². The number of alkyl halides is 1. The molecule has 0 amide bonds. The fourth-order valence-electron chi connectivity index (χ4n) is 1.32. The minimum atomic E-state index is -3.85. The quantitative estimate of drug-likeness (QED) is 0.321. The zero-order valence-corrected chi connectivity index (χ0v) is 11.0. The predicted molar refractivity (Wildman–Crippen MR) is 63.6 cm³/mol. The van der Waals surface area contributed by atoms with Crippen LogP contribution in [0, 0.1) is 0 Å². The summed E-state index contributed by atoms with van der Waals surface area (Å²) in [6.45, 7) is 2.18. The highest BCUT2D eigenvalue weighted by molar-refractivity contribution is 7.53. The summed E-state index contributed by atoms with van der Waals surface area (Å²) >= 11 is 5.31. The first-order valence-corrected chi connectivity index (χ1v) is 7.85. The smallest absolute Gasteiger partial charge is 0.304 e. The first-order valence-electron chi connectivity index (χ1n) is 5.61. The normalized spacial score (nSPS) is 15.1. The molecule has 0 heterocycles. The number of halogens is 2. The van der Waals surface area contributed by atoms with Crippen LogP contribution in [0.5, 0.6) is 0 Å². The number of rotatable bonds is 10. The Morgan fingerprint density at radius 3 is 2.40 bits per heavy atom. The van der Waals surface area contributed by atoms with Crippen molar-refractivity contribution in [2.45, 2.75) is 45.4 Å². The molecule has 0 bridgehead atoms. The van der Waals surface area contributed by atoms with Crippen LogP contribution in [-0.4, -0.2) is 18.6 Å². The molecule has 15 heavy (non-hydrogen) atoms. The Hall–Kier alpha value is 0.410. The molecule has 5 heteroatoms. The highest BCUT2D eigenvalue weighted by Gasteiger charge is 2.20. The molecule has 0 N–H and O–H groups in total. The highest BCUT2D eigenvalue weighted by Crippen LogP contribution is 2.49. The van der Waals surface area contributed by atoms with Gasteiger partial charge in [0.15, 0.2) is 0 Å². The summed E-state index contributed by atoms with van der Waals surface area (Å²) in [6, 6.07) is 0. The van der Waals surface area contributed by atoms with Crippen LogP contribution in [0.2, 0.25) is 0 Å². The van der Waals surface area contributed by atoms with E-state index in [4.69, 9.17) is 11.6 Å². The van der Waals surface area contributed by atoms with E-state index in [0.29, 0.717) is 6.42 Å². The van der Waals surface area contributed by atoms with Gasteiger partial charge in [0.25, 0.3) is 0 Å². The average Bonchev–Trinajstić information content (AvgIpc) is 2.20. The fraction of sp³-hybridized carbons (Fsp3) is 1.00. The van der Waals surface area contributed by atoms with Gasteiger partial charge in [0.2, 0.25) is 0 Å². The summed E-state index contributed by atoms with van der Waals surface area (Å²) in [5, 5.41) is 0. The average molecular weight is 259 g/mol. The van der Waals surface area contributed by atoms with Crippen LogP contribution in [0.3, 0.4) is 0 Å². The Bertz CT molecular complexity index is 190. The van der Waals surface area contributed by atoms with Crippen molar-refractivity contribution in [3.8, 4) is 0 Å². The molecule has 92 valence electrons. The van der Waals surface area contributed by atoms with Crippen molar-refractivity contribution in [3.05, 3.63) is 0 Å². The van der Waals surface area contributed by atoms with Crippen molar-refractivity contribution < 1.29 is 13.3 Å². The van der Waals surface area contributed by atoms with Crippen LogP contribution >= 0.6 is 19.3 Å². The molecule has 0 aromatic carbocycles. The van der Waals surface area contributed by atoms with Crippen molar-refractivity contribution in [2.24, 2.45) is 0 Å². The van der Waals surface area contributed by atoms with E-state index in [9.17, 15) is 8.76 Å². The van der Waals surface area contributed by atoms with E-state index in [-0.39, 0.29) is 18.6 Å². The maximum Gasteiger partial charge on any atom is 0.367 e. The molecule has 0 aromatic heterocycles. The molecule has 0 aromatic rings. The lowest BCUT2D eigenvalue weighted by molar-refractivity contribution is 0.304. The Kier molecular flexibility index (Phi) is 9.89. The highest BCUT2D eigenvalue weighted by atomic mass is 35.5. The Morgan fingerprint density at radius 2 is 1.80 bits per heavy atom. The summed E-state index contributed by atoms with van der Waals surface area (Å²) in [7, 11) is -3.85. The summed E-state index contributed by atoms with van der Waals surface area (Å²) in [5.41, 5.74) is 0. The van der Waals surface area contributed by atoms with E-state index >= 15 is 0 Å². The van der Waals surface area contributed by atoms with Gasteiger partial charge in [-0.3, -0.25) is 4.57 Å². The zero-order valence-electron chi connectivity index (χ0n) is 9.38. The van der Waals surface area contributed by atoms with Gasteiger partial charge < -0.3 is 4.52 Å². The van der Waals surface area contributed by atoms with Gasteiger partial charge in [0.05, 0.1) is 12.8 Å². The lowest BCUT2D eigenvalue weighted by Gasteiger charge is -2.08. The first kappa shape index (κ1) is 15.4. The van der Waals surface area contributed by atoms with Crippen LogP contribution in [0.15, 0.2) is 0 Å². The lowest BCUT2D eigenvalue weighted by atomic mass is 10.1. The van der Waals surface area contributed by atoms with Crippen LogP contribution in [0.1, 0.15) is 45.4 Å². The van der Waals surface area contributed by atoms with E-state index in [1.54, 1.807) is 0 Å². The van der Waals surface area contributed by atoms with Gasteiger partial charge >= 0.3 is 7.68 Å². The molecule has 0 rings (SSSR count). The molecule has 0 aliphatic rings. The molecule has 0 fully saturated rings. The molecule has 0 radical (unpaired) electrons. The number of unbranched alkanes of at least 4 members (excludes halogenated alkanes) is 5. The summed E-state index contributed by atoms with van der Waals surface area (Å²) in [4.78, 5) is 0. The van der Waals surface area contributed by atoms with Gasteiger partial charge in [-0.05, 0) is 6.42 Å². The Labute approximate surface area is 97.1 Å². The molecule has 1 unspecified atom stereocenters. The van der Waals surface area contributed by atoms with Crippen molar-refractivity contribution in [2.75, 3.05) is 18.6 Å². The molecular weight excluding hydrogens is 238 g/mol. The van der Waals surface area contributed by atoms with E-state index in [0.717, 1.165) is 12.8 Å². The second-order valence-electron chi connectivity index (χ2n) is 3.60. The maximum atomic E-state index is 13.1. The largest absolute Gasteiger partial charge is 0.367 e. The van der Waals surface area contributed by atoms with Gasteiger partial charge in [0, 0.05) is 5.88 Å². The molecular formula is C10H21ClFO2P. The fourth-order valence-corrected chi connectivity index (χ4v) is 2.60. The van der Waals surface area contributed by atoms with Crippen molar-refractivity contribution >= 4 is 19.3 Å². The van der Waals surface area contributed by atoms with E-state index < -0.39 is 7.68 Å². The van der Waals surface area contributed by atoms with E-state index in [2.05, 4.69) is 11.4 Å². The molecule has 1 atom stereocenters. The second kappa shape index (κ2) is 9.62. The summed E-state index contributed by atoms with van der Waals surface area (Å²) in [6.07, 6.45) is 6.28. The van der Waals surface area contributed by atoms with Crippen LogP contribution in [-0.2, 0) is 9.09 Å². The van der Waals surface area contributed by atoms with Crippen LogP contribution in [0.25, 0.3) is 0 Å². The van der Waals surface area contributed by atoms with Gasteiger partial charge in [0.1, 0.15) is 0 Å². The summed E-state index contributed by atoms with van der Waals surface area (Å²) in [5.74, 6) is 0.185. The Morgan fingerprint density at radius 1 is 1.20 bits per heavy atom. The topological polar surface area (TPSA) is 26.3 Å². The standard InChI is InChI=1S/C10H21ClFO2P/c1-2-3-4-5-6-7-10-15(12,13)14-9-8-11/h2-10H2,1H3. The third-order valence-corrected chi connectivity index (χ3v) is 3.71. The molecule has 0 spiro atoms. The van der Waals surface area contributed by atoms with E-state index in [1.165, 1.54) is 19.3 Å². The minimum Gasteiger partial charge on any atom is -0.304 e. The van der Waals surface area contributed by atoms with Crippen molar-refractivity contribution in [3.63, 3.8) is 0 Å². The van der Waals surface area contributed by atoms with E-state index in [1.807, 2.05) is 0 Å².